The maximum atomic E-state index is 12.4. The summed E-state index contributed by atoms with van der Waals surface area (Å²) in [6.45, 7) is 3.00. The fourth-order valence-corrected chi connectivity index (χ4v) is 3.42. The zero-order chi connectivity index (χ0) is 17.3. The Morgan fingerprint density at radius 2 is 2.21 bits per heavy atom. The molecule has 24 heavy (non-hydrogen) atoms. The molecule has 0 atom stereocenters. The maximum absolute atomic E-state index is 12.4. The van der Waals surface area contributed by atoms with Gasteiger partial charge in [-0.2, -0.15) is 5.10 Å². The van der Waals surface area contributed by atoms with Crippen LogP contribution in [-0.2, 0) is 18.4 Å². The van der Waals surface area contributed by atoms with Crippen LogP contribution in [-0.4, -0.2) is 28.1 Å². The van der Waals surface area contributed by atoms with Crippen LogP contribution in [0.25, 0.3) is 0 Å². The van der Waals surface area contributed by atoms with E-state index in [9.17, 15) is 9.59 Å². The first-order valence-electron chi connectivity index (χ1n) is 7.84. The van der Waals surface area contributed by atoms with Gasteiger partial charge in [0.05, 0.1) is 10.2 Å². The van der Waals surface area contributed by atoms with Gasteiger partial charge in [0.1, 0.15) is 5.69 Å². The summed E-state index contributed by atoms with van der Waals surface area (Å²) in [4.78, 5) is 26.1. The molecule has 3 rings (SSSR count). The Kier molecular flexibility index (Phi) is 4.71. The van der Waals surface area contributed by atoms with Crippen LogP contribution >= 0.6 is 15.9 Å². The van der Waals surface area contributed by atoms with E-state index in [1.807, 2.05) is 31.2 Å². The summed E-state index contributed by atoms with van der Waals surface area (Å²) in [5.74, 6) is -0.0295. The van der Waals surface area contributed by atoms with Crippen molar-refractivity contribution >= 4 is 33.4 Å². The molecule has 1 aliphatic heterocycles. The molecule has 6 nitrogen and oxygen atoms in total. The van der Waals surface area contributed by atoms with Crippen molar-refractivity contribution in [3.63, 3.8) is 0 Å². The van der Waals surface area contributed by atoms with Crippen LogP contribution in [0, 0.1) is 6.92 Å². The van der Waals surface area contributed by atoms with Crippen molar-refractivity contribution in [2.75, 3.05) is 11.4 Å². The van der Waals surface area contributed by atoms with Crippen LogP contribution in [0.3, 0.4) is 0 Å². The standard InChI is InChI=1S/C17H19BrN4O2/c1-11-15(18)16(21(2)20-11)17(24)19-10-12-5-3-6-13(9-12)22-8-4-7-14(22)23/h3,5-6,9H,4,7-8,10H2,1-2H3,(H,19,24). The molecule has 7 heteroatoms. The Bertz CT molecular complexity index is 800. The van der Waals surface area contributed by atoms with Crippen molar-refractivity contribution in [3.8, 4) is 0 Å². The Balaban J connectivity index is 1.70. The maximum Gasteiger partial charge on any atom is 0.270 e. The number of benzene rings is 1. The molecule has 1 saturated heterocycles. The van der Waals surface area contributed by atoms with E-state index in [1.165, 1.54) is 0 Å². The Hall–Kier alpha value is -2.15. The molecular formula is C17H19BrN4O2. The van der Waals surface area contributed by atoms with Gasteiger partial charge >= 0.3 is 0 Å². The van der Waals surface area contributed by atoms with E-state index in [4.69, 9.17) is 0 Å². The van der Waals surface area contributed by atoms with Crippen molar-refractivity contribution in [2.45, 2.75) is 26.3 Å². The molecule has 1 N–H and O–H groups in total. The lowest BCUT2D eigenvalue weighted by atomic mass is 10.2. The molecule has 0 aliphatic carbocycles. The van der Waals surface area contributed by atoms with Crippen LogP contribution in [0.4, 0.5) is 5.69 Å². The van der Waals surface area contributed by atoms with Crippen molar-refractivity contribution in [3.05, 3.63) is 45.7 Å². The van der Waals surface area contributed by atoms with Crippen LogP contribution in [0.5, 0.6) is 0 Å². The van der Waals surface area contributed by atoms with Gasteiger partial charge < -0.3 is 10.2 Å². The lowest BCUT2D eigenvalue weighted by Crippen LogP contribution is -2.26. The SMILES string of the molecule is Cc1nn(C)c(C(=O)NCc2cccc(N3CCCC3=O)c2)c1Br. The first-order valence-corrected chi connectivity index (χ1v) is 8.63. The molecule has 2 aromatic rings. The molecular weight excluding hydrogens is 372 g/mol. The first kappa shape index (κ1) is 16.7. The molecule has 0 unspecified atom stereocenters. The highest BCUT2D eigenvalue weighted by atomic mass is 79.9. The predicted molar refractivity (Wildman–Crippen MR) is 94.8 cm³/mol. The minimum Gasteiger partial charge on any atom is -0.347 e. The highest BCUT2D eigenvalue weighted by molar-refractivity contribution is 9.10. The predicted octanol–water partition coefficient (Wildman–Crippen LogP) is 2.55. The van der Waals surface area contributed by atoms with Crippen molar-refractivity contribution in [2.24, 2.45) is 7.05 Å². The molecule has 2 heterocycles. The molecule has 1 aromatic carbocycles. The second kappa shape index (κ2) is 6.76. The summed E-state index contributed by atoms with van der Waals surface area (Å²) in [6, 6.07) is 7.73. The average Bonchev–Trinajstić information content (AvgIpc) is 3.09. The monoisotopic (exact) mass is 390 g/mol. The van der Waals surface area contributed by atoms with Crippen molar-refractivity contribution in [1.29, 1.82) is 0 Å². The smallest absolute Gasteiger partial charge is 0.270 e. The molecule has 0 spiro atoms. The summed E-state index contributed by atoms with van der Waals surface area (Å²) in [7, 11) is 1.74. The first-order chi connectivity index (χ1) is 11.5. The van der Waals surface area contributed by atoms with Crippen LogP contribution < -0.4 is 10.2 Å². The fraction of sp³-hybridized carbons (Fsp3) is 0.353. The highest BCUT2D eigenvalue weighted by Gasteiger charge is 2.22. The van der Waals surface area contributed by atoms with Gasteiger partial charge in [-0.25, -0.2) is 0 Å². The molecule has 1 aromatic heterocycles. The van der Waals surface area contributed by atoms with Gasteiger partial charge in [0.25, 0.3) is 5.91 Å². The number of amides is 2. The molecule has 2 amide bonds. The van der Waals surface area contributed by atoms with Gasteiger partial charge in [-0.1, -0.05) is 12.1 Å². The highest BCUT2D eigenvalue weighted by Crippen LogP contribution is 2.23. The molecule has 126 valence electrons. The van der Waals surface area contributed by atoms with E-state index >= 15 is 0 Å². The average molecular weight is 391 g/mol. The topological polar surface area (TPSA) is 67.2 Å². The third kappa shape index (κ3) is 3.21. The van der Waals surface area contributed by atoms with E-state index in [1.54, 1.807) is 16.6 Å². The molecule has 1 fully saturated rings. The van der Waals surface area contributed by atoms with Crippen LogP contribution in [0.2, 0.25) is 0 Å². The van der Waals surface area contributed by atoms with Gasteiger partial charge in [0.15, 0.2) is 0 Å². The molecule has 0 radical (unpaired) electrons. The minimum atomic E-state index is -0.187. The summed E-state index contributed by atoms with van der Waals surface area (Å²) in [5, 5.41) is 7.13. The third-order valence-electron chi connectivity index (χ3n) is 4.11. The lowest BCUT2D eigenvalue weighted by Gasteiger charge is -2.16. The second-order valence-electron chi connectivity index (χ2n) is 5.87. The number of nitrogens with zero attached hydrogens (tertiary/aromatic N) is 3. The Morgan fingerprint density at radius 1 is 1.42 bits per heavy atom. The quantitative estimate of drug-likeness (QED) is 0.871. The molecule has 0 bridgehead atoms. The van der Waals surface area contributed by atoms with Gasteiger partial charge in [-0.05, 0) is 47.0 Å². The largest absolute Gasteiger partial charge is 0.347 e. The number of aromatic nitrogens is 2. The van der Waals surface area contributed by atoms with Crippen molar-refractivity contribution in [1.82, 2.24) is 15.1 Å². The van der Waals surface area contributed by atoms with Gasteiger partial charge in [-0.3, -0.25) is 14.3 Å². The number of rotatable bonds is 4. The van der Waals surface area contributed by atoms with E-state index < -0.39 is 0 Å². The Morgan fingerprint density at radius 3 is 2.83 bits per heavy atom. The van der Waals surface area contributed by atoms with E-state index in [-0.39, 0.29) is 11.8 Å². The van der Waals surface area contributed by atoms with Gasteiger partial charge in [-0.15, -0.1) is 0 Å². The number of carbonyl (C=O) groups is 2. The summed E-state index contributed by atoms with van der Waals surface area (Å²) >= 11 is 3.40. The number of nitrogens with one attached hydrogen (secondary N) is 1. The van der Waals surface area contributed by atoms with Gasteiger partial charge in [0.2, 0.25) is 5.91 Å². The Labute approximate surface area is 149 Å². The number of hydrogen-bond acceptors (Lipinski definition) is 3. The number of aryl methyl sites for hydroxylation is 2. The second-order valence-corrected chi connectivity index (χ2v) is 6.67. The lowest BCUT2D eigenvalue weighted by molar-refractivity contribution is -0.117. The van der Waals surface area contributed by atoms with E-state index in [0.717, 1.165) is 29.9 Å². The minimum absolute atomic E-state index is 0.158. The summed E-state index contributed by atoms with van der Waals surface area (Å²) in [5.41, 5.74) is 3.12. The molecule has 0 saturated carbocycles. The third-order valence-corrected chi connectivity index (χ3v) is 5.06. The van der Waals surface area contributed by atoms with E-state index in [0.29, 0.717) is 23.1 Å². The van der Waals surface area contributed by atoms with Crippen LogP contribution in [0.1, 0.15) is 34.6 Å². The number of halogens is 1. The molecule has 1 aliphatic rings. The normalized spacial score (nSPS) is 14.3. The zero-order valence-electron chi connectivity index (χ0n) is 13.7. The van der Waals surface area contributed by atoms with Crippen molar-refractivity contribution < 1.29 is 9.59 Å². The number of hydrogen-bond donors (Lipinski definition) is 1. The van der Waals surface area contributed by atoms with Gasteiger partial charge in [0, 0.05) is 32.2 Å². The zero-order valence-corrected chi connectivity index (χ0v) is 15.3. The van der Waals surface area contributed by atoms with E-state index in [2.05, 4.69) is 26.3 Å². The summed E-state index contributed by atoms with van der Waals surface area (Å²) < 4.78 is 2.27. The number of anilines is 1. The number of carbonyl (C=O) groups excluding carboxylic acids is 2. The van der Waals surface area contributed by atoms with Crippen LogP contribution in [0.15, 0.2) is 28.7 Å². The fourth-order valence-electron chi connectivity index (χ4n) is 2.90. The summed E-state index contributed by atoms with van der Waals surface area (Å²) in [6.07, 6.45) is 1.50.